The number of pyridine rings is 2. The van der Waals surface area contributed by atoms with Crippen molar-refractivity contribution in [2.45, 2.75) is 26.2 Å². The monoisotopic (exact) mass is 413 g/mol. The lowest BCUT2D eigenvalue weighted by atomic mass is 10.2. The van der Waals surface area contributed by atoms with Crippen molar-refractivity contribution in [3.63, 3.8) is 0 Å². The van der Waals surface area contributed by atoms with Crippen LogP contribution in [-0.4, -0.2) is 39.6 Å². The molecule has 8 nitrogen and oxygen atoms in total. The van der Waals surface area contributed by atoms with E-state index < -0.39 is 5.91 Å². The molecule has 3 aromatic heterocycles. The summed E-state index contributed by atoms with van der Waals surface area (Å²) in [5.74, 6) is 0.329. The Labute approximate surface area is 174 Å². The number of ether oxygens (including phenoxy) is 2. The lowest BCUT2D eigenvalue weighted by Crippen LogP contribution is -2.13. The van der Waals surface area contributed by atoms with Gasteiger partial charge in [-0.25, -0.2) is 15.0 Å². The topological polar surface area (TPSA) is 113 Å². The minimum absolute atomic E-state index is 0. The molecule has 9 heteroatoms. The molecule has 0 saturated carbocycles. The van der Waals surface area contributed by atoms with E-state index in [1.54, 1.807) is 31.6 Å². The first-order valence-corrected chi connectivity index (χ1v) is 9.44. The van der Waals surface area contributed by atoms with E-state index in [0.717, 1.165) is 41.7 Å². The number of nitrogens with zero attached hydrogens (tertiary/aromatic N) is 4. The standard InChI is InChI=1S/C12H12N4O2.C9H10FNO.H2/c1-2-18-11-4-3-8(5-15-11)9-6-14-7-10(16-9)12(13)17;1-12-8-5-11-9(10)7-4-2-3-6(7)8;/h3-7H,2H2,1H3,(H2,13,17);5H,2-4H2,1H3;1H. The molecular weight excluding hydrogens is 389 g/mol. The fraction of sp³-hybridized carbons (Fsp3) is 0.286. The Morgan fingerprint density at radius 3 is 2.63 bits per heavy atom. The molecule has 1 aliphatic carbocycles. The van der Waals surface area contributed by atoms with E-state index in [4.69, 9.17) is 15.2 Å². The van der Waals surface area contributed by atoms with Gasteiger partial charge in [-0.2, -0.15) is 4.39 Å². The van der Waals surface area contributed by atoms with E-state index in [0.29, 0.717) is 18.2 Å². The van der Waals surface area contributed by atoms with E-state index in [9.17, 15) is 9.18 Å². The highest BCUT2D eigenvalue weighted by atomic mass is 19.1. The van der Waals surface area contributed by atoms with Crippen LogP contribution < -0.4 is 15.2 Å². The smallest absolute Gasteiger partial charge is 0.268 e. The van der Waals surface area contributed by atoms with E-state index >= 15 is 0 Å². The third-order valence-electron chi connectivity index (χ3n) is 4.49. The summed E-state index contributed by atoms with van der Waals surface area (Å²) in [7, 11) is 1.59. The summed E-state index contributed by atoms with van der Waals surface area (Å²) in [5, 5.41) is 0. The second kappa shape index (κ2) is 9.73. The summed E-state index contributed by atoms with van der Waals surface area (Å²) >= 11 is 0. The van der Waals surface area contributed by atoms with Crippen LogP contribution in [0.5, 0.6) is 11.6 Å². The Bertz CT molecular complexity index is 1030. The molecule has 2 N–H and O–H groups in total. The highest BCUT2D eigenvalue weighted by Crippen LogP contribution is 2.30. The highest BCUT2D eigenvalue weighted by Gasteiger charge is 2.20. The number of primary amides is 1. The molecule has 0 aliphatic heterocycles. The fourth-order valence-electron chi connectivity index (χ4n) is 3.08. The number of carbonyl (C=O) groups excluding carboxylic acids is 1. The Hall–Kier alpha value is -3.62. The van der Waals surface area contributed by atoms with Crippen molar-refractivity contribution in [2.24, 2.45) is 5.73 Å². The maximum Gasteiger partial charge on any atom is 0.268 e. The second-order valence-corrected chi connectivity index (χ2v) is 6.40. The summed E-state index contributed by atoms with van der Waals surface area (Å²) in [6, 6.07) is 3.53. The number of halogens is 1. The number of aromatic nitrogens is 4. The second-order valence-electron chi connectivity index (χ2n) is 6.40. The van der Waals surface area contributed by atoms with E-state index in [2.05, 4.69) is 19.9 Å². The third kappa shape index (κ3) is 4.86. The van der Waals surface area contributed by atoms with Gasteiger partial charge in [-0.05, 0) is 32.3 Å². The van der Waals surface area contributed by atoms with Crippen molar-refractivity contribution >= 4 is 5.91 Å². The lowest BCUT2D eigenvalue weighted by Gasteiger charge is -2.05. The Kier molecular flexibility index (Phi) is 6.84. The molecular formula is C21H24FN5O3. The summed E-state index contributed by atoms with van der Waals surface area (Å²) in [6.45, 7) is 2.45. The van der Waals surface area contributed by atoms with Crippen molar-refractivity contribution in [3.05, 3.63) is 59.7 Å². The van der Waals surface area contributed by atoms with Gasteiger partial charge in [0, 0.05) is 30.4 Å². The number of hydrogen-bond acceptors (Lipinski definition) is 7. The van der Waals surface area contributed by atoms with Gasteiger partial charge >= 0.3 is 0 Å². The molecule has 30 heavy (non-hydrogen) atoms. The maximum absolute atomic E-state index is 13.0. The van der Waals surface area contributed by atoms with E-state index in [1.165, 1.54) is 12.4 Å². The molecule has 158 valence electrons. The Balaban J connectivity index is 0.000000229. The lowest BCUT2D eigenvalue weighted by molar-refractivity contribution is 0.0995. The Morgan fingerprint density at radius 1 is 1.17 bits per heavy atom. The molecule has 0 bridgehead atoms. The molecule has 0 radical (unpaired) electrons. The van der Waals surface area contributed by atoms with Crippen LogP contribution in [0.15, 0.2) is 36.9 Å². The van der Waals surface area contributed by atoms with Gasteiger partial charge in [0.25, 0.3) is 5.91 Å². The van der Waals surface area contributed by atoms with Crippen molar-refractivity contribution in [1.29, 1.82) is 0 Å². The van der Waals surface area contributed by atoms with Gasteiger partial charge in [-0.3, -0.25) is 9.78 Å². The van der Waals surface area contributed by atoms with Crippen LogP contribution in [0.3, 0.4) is 0 Å². The van der Waals surface area contributed by atoms with E-state index in [1.807, 2.05) is 6.92 Å². The fourth-order valence-corrected chi connectivity index (χ4v) is 3.08. The average Bonchev–Trinajstić information content (AvgIpc) is 3.26. The number of fused-ring (bicyclic) bond motifs is 1. The normalized spacial score (nSPS) is 11.8. The first kappa shape index (κ1) is 21.1. The molecule has 0 spiro atoms. The number of methoxy groups -OCH3 is 1. The predicted molar refractivity (Wildman–Crippen MR) is 110 cm³/mol. The summed E-state index contributed by atoms with van der Waals surface area (Å²) in [4.78, 5) is 26.8. The zero-order valence-electron chi connectivity index (χ0n) is 16.8. The zero-order chi connectivity index (χ0) is 21.5. The van der Waals surface area contributed by atoms with Crippen LogP contribution in [0.25, 0.3) is 11.3 Å². The SMILES string of the molecule is CCOc1ccc(-c2cncc(C(N)=O)n2)cn1.COc1cnc(F)c2c1CCC2.[HH]. The van der Waals surface area contributed by atoms with Gasteiger partial charge in [0.2, 0.25) is 11.8 Å². The van der Waals surface area contributed by atoms with Crippen LogP contribution in [0.1, 0.15) is 36.4 Å². The van der Waals surface area contributed by atoms with Gasteiger partial charge in [0.05, 0.1) is 38.0 Å². The number of nitrogens with two attached hydrogens (primary N) is 1. The Morgan fingerprint density at radius 2 is 1.97 bits per heavy atom. The first-order chi connectivity index (χ1) is 14.5. The van der Waals surface area contributed by atoms with E-state index in [-0.39, 0.29) is 13.1 Å². The van der Waals surface area contributed by atoms with Gasteiger partial charge in [-0.1, -0.05) is 0 Å². The molecule has 0 fully saturated rings. The number of rotatable bonds is 5. The molecule has 0 saturated heterocycles. The molecule has 4 rings (SSSR count). The molecule has 0 aromatic carbocycles. The third-order valence-corrected chi connectivity index (χ3v) is 4.49. The summed E-state index contributed by atoms with van der Waals surface area (Å²) in [5.41, 5.74) is 8.31. The molecule has 0 atom stereocenters. The minimum atomic E-state index is -0.608. The van der Waals surface area contributed by atoms with Crippen molar-refractivity contribution < 1.29 is 20.1 Å². The van der Waals surface area contributed by atoms with Crippen LogP contribution in [0, 0.1) is 5.95 Å². The highest BCUT2D eigenvalue weighted by molar-refractivity contribution is 5.90. The summed E-state index contributed by atoms with van der Waals surface area (Å²) < 4.78 is 23.4. The number of amides is 1. The molecule has 1 amide bonds. The zero-order valence-corrected chi connectivity index (χ0v) is 16.8. The molecule has 1 aliphatic rings. The summed E-state index contributed by atoms with van der Waals surface area (Å²) in [6.07, 6.45) is 8.66. The van der Waals surface area contributed by atoms with Crippen molar-refractivity contribution in [1.82, 2.24) is 19.9 Å². The van der Waals surface area contributed by atoms with Crippen LogP contribution in [-0.2, 0) is 12.8 Å². The predicted octanol–water partition coefficient (Wildman–Crippen LogP) is 3.00. The van der Waals surface area contributed by atoms with Crippen molar-refractivity contribution in [3.8, 4) is 22.9 Å². The van der Waals surface area contributed by atoms with Gasteiger partial charge in [0.15, 0.2) is 0 Å². The van der Waals surface area contributed by atoms with Gasteiger partial charge < -0.3 is 15.2 Å². The first-order valence-electron chi connectivity index (χ1n) is 9.44. The van der Waals surface area contributed by atoms with Crippen LogP contribution in [0.2, 0.25) is 0 Å². The van der Waals surface area contributed by atoms with Gasteiger partial charge in [0.1, 0.15) is 11.4 Å². The molecule has 3 heterocycles. The van der Waals surface area contributed by atoms with Crippen molar-refractivity contribution in [2.75, 3.05) is 13.7 Å². The minimum Gasteiger partial charge on any atom is -0.495 e. The number of hydrogen-bond donors (Lipinski definition) is 1. The maximum atomic E-state index is 13.0. The molecule has 0 unspecified atom stereocenters. The van der Waals surface area contributed by atoms with Gasteiger partial charge in [-0.15, -0.1) is 0 Å². The quantitative estimate of drug-likeness (QED) is 0.640. The average molecular weight is 413 g/mol. The van der Waals surface area contributed by atoms with Crippen LogP contribution >= 0.6 is 0 Å². The van der Waals surface area contributed by atoms with Crippen LogP contribution in [0.4, 0.5) is 4.39 Å². The molecule has 3 aromatic rings. The largest absolute Gasteiger partial charge is 0.495 e. The number of carbonyl (C=O) groups is 1.